The number of likely N-dealkylation sites (tertiary alicyclic amines) is 1. The van der Waals surface area contributed by atoms with Gasteiger partial charge in [0.25, 0.3) is 0 Å². The fourth-order valence-electron chi connectivity index (χ4n) is 4.40. The van der Waals surface area contributed by atoms with Crippen LogP contribution in [0.3, 0.4) is 0 Å². The second-order valence-electron chi connectivity index (χ2n) is 8.48. The third-order valence-corrected chi connectivity index (χ3v) is 6.19. The van der Waals surface area contributed by atoms with Crippen molar-refractivity contribution in [2.45, 2.75) is 77.4 Å². The van der Waals surface area contributed by atoms with E-state index in [-0.39, 0.29) is 18.8 Å². The minimum absolute atomic E-state index is 0.131. The highest BCUT2D eigenvalue weighted by Crippen LogP contribution is 2.28. The van der Waals surface area contributed by atoms with Crippen molar-refractivity contribution in [3.63, 3.8) is 0 Å². The van der Waals surface area contributed by atoms with E-state index in [4.69, 9.17) is 4.74 Å². The number of hydrogen-bond donors (Lipinski definition) is 3. The van der Waals surface area contributed by atoms with E-state index in [0.29, 0.717) is 6.42 Å². The standard InChI is InChI=1S/C25H38N2O3.C2H6/c1-30-25-16-21(20-9-5-4-6-10-20)15-22(17-25)26-12-7-2-3-8-13-27-14-11-24(29)18-23(27)19-28;1-2/h5,9-10,15-17,23-24,26,28-29H,2-4,6-8,11-14,18-19H2,1H3;1-2H3. The molecule has 0 bridgehead atoms. The van der Waals surface area contributed by atoms with Crippen LogP contribution in [0, 0.1) is 0 Å². The van der Waals surface area contributed by atoms with Crippen LogP contribution in [0.4, 0.5) is 5.69 Å². The molecule has 0 radical (unpaired) electrons. The lowest BCUT2D eigenvalue weighted by molar-refractivity contribution is 0.0163. The maximum Gasteiger partial charge on any atom is 0.121 e. The Bertz CT molecular complexity index is 717. The van der Waals surface area contributed by atoms with E-state index in [0.717, 1.165) is 63.2 Å². The van der Waals surface area contributed by atoms with Crippen molar-refractivity contribution in [3.8, 4) is 5.75 Å². The number of ether oxygens (including phenoxy) is 1. The average Bonchev–Trinajstić information content (AvgIpc) is 2.85. The highest BCUT2D eigenvalue weighted by molar-refractivity contribution is 5.77. The fourth-order valence-corrected chi connectivity index (χ4v) is 4.40. The van der Waals surface area contributed by atoms with Crippen LogP contribution in [0.1, 0.15) is 70.8 Å². The number of piperidine rings is 1. The van der Waals surface area contributed by atoms with Gasteiger partial charge in [-0.2, -0.15) is 0 Å². The van der Waals surface area contributed by atoms with Crippen molar-refractivity contribution in [1.29, 1.82) is 0 Å². The van der Waals surface area contributed by atoms with Gasteiger partial charge in [-0.05, 0) is 68.3 Å². The first-order valence-corrected chi connectivity index (χ1v) is 12.5. The minimum atomic E-state index is -0.243. The molecule has 3 N–H and O–H groups in total. The summed E-state index contributed by atoms with van der Waals surface area (Å²) in [5.41, 5.74) is 3.59. The van der Waals surface area contributed by atoms with E-state index in [1.807, 2.05) is 13.8 Å². The third kappa shape index (κ3) is 8.61. The molecule has 0 aromatic heterocycles. The van der Waals surface area contributed by atoms with Gasteiger partial charge < -0.3 is 20.3 Å². The highest BCUT2D eigenvalue weighted by Gasteiger charge is 2.26. The predicted octanol–water partition coefficient (Wildman–Crippen LogP) is 5.24. The number of rotatable bonds is 11. The molecular weight excluding hydrogens is 400 g/mol. The van der Waals surface area contributed by atoms with Gasteiger partial charge in [0.1, 0.15) is 5.75 Å². The number of benzene rings is 1. The number of nitrogens with one attached hydrogen (secondary N) is 1. The summed E-state index contributed by atoms with van der Waals surface area (Å²) in [6.45, 7) is 7.03. The number of aliphatic hydroxyl groups excluding tert-OH is 2. The summed E-state index contributed by atoms with van der Waals surface area (Å²) in [5, 5.41) is 22.8. The molecule has 5 heteroatoms. The average molecular weight is 445 g/mol. The summed E-state index contributed by atoms with van der Waals surface area (Å²) >= 11 is 0. The summed E-state index contributed by atoms with van der Waals surface area (Å²) in [5.74, 6) is 0.889. The Kier molecular flexibility index (Phi) is 12.5. The van der Waals surface area contributed by atoms with Crippen LogP contribution in [0.15, 0.2) is 36.4 Å². The van der Waals surface area contributed by atoms with E-state index in [1.165, 1.54) is 24.0 Å². The molecule has 1 aliphatic carbocycles. The zero-order valence-corrected chi connectivity index (χ0v) is 20.4. The number of nitrogens with zero attached hydrogens (tertiary/aromatic N) is 1. The van der Waals surface area contributed by atoms with E-state index in [1.54, 1.807) is 7.11 Å². The second-order valence-corrected chi connectivity index (χ2v) is 8.48. The molecule has 0 spiro atoms. The Balaban J connectivity index is 0.00000176. The molecule has 2 unspecified atom stereocenters. The number of unbranched alkanes of at least 4 members (excludes halogenated alkanes) is 3. The van der Waals surface area contributed by atoms with E-state index < -0.39 is 0 Å². The topological polar surface area (TPSA) is 65.0 Å². The SMILES string of the molecule is CC.COc1cc(NCCCCCCN2CCC(O)CC2CO)cc(C2=CCCC=C2)c1. The summed E-state index contributed by atoms with van der Waals surface area (Å²) < 4.78 is 5.50. The van der Waals surface area contributed by atoms with Crippen molar-refractivity contribution in [2.75, 3.05) is 38.7 Å². The van der Waals surface area contributed by atoms with Crippen LogP contribution in [-0.2, 0) is 0 Å². The van der Waals surface area contributed by atoms with Crippen LogP contribution in [0.5, 0.6) is 5.75 Å². The van der Waals surface area contributed by atoms with Gasteiger partial charge in [0, 0.05) is 30.9 Å². The summed E-state index contributed by atoms with van der Waals surface area (Å²) in [7, 11) is 1.72. The first kappa shape index (κ1) is 26.4. The summed E-state index contributed by atoms with van der Waals surface area (Å²) in [6, 6.07) is 6.51. The Morgan fingerprint density at radius 2 is 1.91 bits per heavy atom. The van der Waals surface area contributed by atoms with Crippen molar-refractivity contribution < 1.29 is 14.9 Å². The van der Waals surface area contributed by atoms with Crippen LogP contribution in [0.2, 0.25) is 0 Å². The van der Waals surface area contributed by atoms with Gasteiger partial charge >= 0.3 is 0 Å². The third-order valence-electron chi connectivity index (χ3n) is 6.19. The molecule has 1 saturated heterocycles. The number of allylic oxidation sites excluding steroid dienone is 4. The van der Waals surface area contributed by atoms with Crippen LogP contribution in [0.25, 0.3) is 5.57 Å². The minimum Gasteiger partial charge on any atom is -0.497 e. The maximum absolute atomic E-state index is 9.76. The molecule has 1 fully saturated rings. The monoisotopic (exact) mass is 444 g/mol. The second kappa shape index (κ2) is 15.1. The van der Waals surface area contributed by atoms with Gasteiger partial charge in [-0.3, -0.25) is 4.90 Å². The lowest BCUT2D eigenvalue weighted by Gasteiger charge is -2.36. The number of hydrogen-bond acceptors (Lipinski definition) is 5. The molecule has 0 amide bonds. The van der Waals surface area contributed by atoms with Gasteiger partial charge in [0.2, 0.25) is 0 Å². The first-order chi connectivity index (χ1) is 15.7. The molecule has 180 valence electrons. The maximum atomic E-state index is 9.76. The van der Waals surface area contributed by atoms with E-state index in [9.17, 15) is 10.2 Å². The quantitative estimate of drug-likeness (QED) is 0.407. The lowest BCUT2D eigenvalue weighted by Crippen LogP contribution is -2.46. The van der Waals surface area contributed by atoms with Gasteiger partial charge in [-0.25, -0.2) is 0 Å². The molecule has 3 rings (SSSR count). The zero-order chi connectivity index (χ0) is 23.2. The predicted molar refractivity (Wildman–Crippen MR) is 135 cm³/mol. The van der Waals surface area contributed by atoms with Gasteiger partial charge in [-0.15, -0.1) is 0 Å². The molecule has 1 aromatic rings. The van der Waals surface area contributed by atoms with Crippen LogP contribution >= 0.6 is 0 Å². The van der Waals surface area contributed by atoms with E-state index >= 15 is 0 Å². The Morgan fingerprint density at radius 3 is 2.62 bits per heavy atom. The Hall–Kier alpha value is -1.82. The van der Waals surface area contributed by atoms with E-state index in [2.05, 4.69) is 46.6 Å². The normalized spacial score (nSPS) is 20.8. The summed E-state index contributed by atoms with van der Waals surface area (Å²) in [4.78, 5) is 2.34. The largest absolute Gasteiger partial charge is 0.497 e. The van der Waals surface area contributed by atoms with Gasteiger partial charge in [0.15, 0.2) is 0 Å². The number of aliphatic hydroxyl groups is 2. The molecule has 2 atom stereocenters. The zero-order valence-electron chi connectivity index (χ0n) is 20.4. The Labute approximate surface area is 195 Å². The lowest BCUT2D eigenvalue weighted by atomic mass is 9.99. The molecule has 0 saturated carbocycles. The van der Waals surface area contributed by atoms with Crippen molar-refractivity contribution in [1.82, 2.24) is 4.90 Å². The molecule has 1 aliphatic heterocycles. The fraction of sp³-hybridized carbons (Fsp3) is 0.630. The van der Waals surface area contributed by atoms with Crippen molar-refractivity contribution in [3.05, 3.63) is 42.0 Å². The first-order valence-electron chi connectivity index (χ1n) is 12.5. The molecule has 1 aromatic carbocycles. The molecule has 32 heavy (non-hydrogen) atoms. The molecule has 5 nitrogen and oxygen atoms in total. The van der Waals surface area contributed by atoms with Gasteiger partial charge in [-0.1, -0.05) is 44.9 Å². The molecular formula is C27H44N2O3. The molecule has 2 aliphatic rings. The highest BCUT2D eigenvalue weighted by atomic mass is 16.5. The van der Waals surface area contributed by atoms with Gasteiger partial charge in [0.05, 0.1) is 19.8 Å². The summed E-state index contributed by atoms with van der Waals surface area (Å²) in [6.07, 6.45) is 14.9. The number of methoxy groups -OCH3 is 1. The smallest absolute Gasteiger partial charge is 0.121 e. The van der Waals surface area contributed by atoms with Crippen LogP contribution in [-0.4, -0.2) is 60.6 Å². The van der Waals surface area contributed by atoms with Crippen molar-refractivity contribution in [2.24, 2.45) is 0 Å². The molecule has 1 heterocycles. The van der Waals surface area contributed by atoms with Crippen LogP contribution < -0.4 is 10.1 Å². The van der Waals surface area contributed by atoms with Crippen molar-refractivity contribution >= 4 is 11.3 Å². The Morgan fingerprint density at radius 1 is 1.09 bits per heavy atom. The number of anilines is 1.